The van der Waals surface area contributed by atoms with Crippen LogP contribution in [0.2, 0.25) is 0 Å². The number of carbonyl (C=O) groups excluding carboxylic acids is 3. The summed E-state index contributed by atoms with van der Waals surface area (Å²) in [5.74, 6) is -0.343. The van der Waals surface area contributed by atoms with Gasteiger partial charge < -0.3 is 10.6 Å². The molecule has 2 heterocycles. The number of imide groups is 1. The van der Waals surface area contributed by atoms with Crippen LogP contribution in [0, 0.1) is 0 Å². The first-order chi connectivity index (χ1) is 12.0. The molecule has 8 heteroatoms. The molecule has 1 atom stereocenters. The molecule has 1 aliphatic heterocycles. The van der Waals surface area contributed by atoms with Crippen LogP contribution in [0.1, 0.15) is 12.0 Å². The van der Waals surface area contributed by atoms with E-state index in [9.17, 15) is 14.4 Å². The van der Waals surface area contributed by atoms with E-state index in [4.69, 9.17) is 0 Å². The Morgan fingerprint density at radius 2 is 2.00 bits per heavy atom. The SMILES string of the molecule is Cn1ccc(NC(=O)C[C@@H]2NC(=O)N(CCc3ccccc3)C2=O)n1. The molecule has 1 saturated heterocycles. The van der Waals surface area contributed by atoms with Crippen molar-refractivity contribution in [3.8, 4) is 0 Å². The lowest BCUT2D eigenvalue weighted by Crippen LogP contribution is -2.35. The molecule has 3 rings (SSSR count). The third-order valence-corrected chi connectivity index (χ3v) is 3.94. The van der Waals surface area contributed by atoms with E-state index < -0.39 is 12.1 Å². The molecular weight excluding hydrogens is 322 g/mol. The first-order valence-electron chi connectivity index (χ1n) is 7.98. The van der Waals surface area contributed by atoms with Gasteiger partial charge >= 0.3 is 6.03 Å². The van der Waals surface area contributed by atoms with Crippen molar-refractivity contribution in [1.82, 2.24) is 20.0 Å². The van der Waals surface area contributed by atoms with Crippen molar-refractivity contribution in [2.75, 3.05) is 11.9 Å². The highest BCUT2D eigenvalue weighted by Gasteiger charge is 2.38. The number of hydrogen-bond donors (Lipinski definition) is 2. The highest BCUT2D eigenvalue weighted by atomic mass is 16.2. The van der Waals surface area contributed by atoms with Gasteiger partial charge in [-0.05, 0) is 12.0 Å². The number of nitrogens with one attached hydrogen (secondary N) is 2. The Balaban J connectivity index is 1.54. The topological polar surface area (TPSA) is 96.3 Å². The maximum absolute atomic E-state index is 12.4. The van der Waals surface area contributed by atoms with Crippen molar-refractivity contribution in [2.24, 2.45) is 7.05 Å². The second-order valence-corrected chi connectivity index (χ2v) is 5.85. The molecule has 0 spiro atoms. The Morgan fingerprint density at radius 1 is 1.24 bits per heavy atom. The Bertz CT molecular complexity index is 787. The van der Waals surface area contributed by atoms with Gasteiger partial charge in [-0.1, -0.05) is 30.3 Å². The lowest BCUT2D eigenvalue weighted by atomic mass is 10.1. The fourth-order valence-corrected chi connectivity index (χ4v) is 2.67. The quantitative estimate of drug-likeness (QED) is 0.764. The minimum Gasteiger partial charge on any atom is -0.325 e. The smallest absolute Gasteiger partial charge is 0.324 e. The molecule has 4 amide bonds. The van der Waals surface area contributed by atoms with E-state index in [2.05, 4.69) is 15.7 Å². The van der Waals surface area contributed by atoms with Crippen molar-refractivity contribution in [3.63, 3.8) is 0 Å². The zero-order valence-corrected chi connectivity index (χ0v) is 13.8. The normalized spacial score (nSPS) is 16.8. The summed E-state index contributed by atoms with van der Waals surface area (Å²) in [4.78, 5) is 37.6. The van der Waals surface area contributed by atoms with E-state index in [0.29, 0.717) is 12.2 Å². The Morgan fingerprint density at radius 3 is 2.68 bits per heavy atom. The van der Waals surface area contributed by atoms with Gasteiger partial charge in [0.15, 0.2) is 5.82 Å². The number of anilines is 1. The summed E-state index contributed by atoms with van der Waals surface area (Å²) >= 11 is 0. The summed E-state index contributed by atoms with van der Waals surface area (Å²) in [5, 5.41) is 9.21. The minimum atomic E-state index is -0.841. The number of aromatic nitrogens is 2. The molecule has 0 radical (unpaired) electrons. The van der Waals surface area contributed by atoms with Crippen LogP contribution in [0.15, 0.2) is 42.6 Å². The molecule has 0 aliphatic carbocycles. The van der Waals surface area contributed by atoms with Gasteiger partial charge in [0.25, 0.3) is 5.91 Å². The molecule has 1 aliphatic rings. The summed E-state index contributed by atoms with van der Waals surface area (Å²) in [5.41, 5.74) is 1.04. The fraction of sp³-hybridized carbons (Fsp3) is 0.294. The van der Waals surface area contributed by atoms with E-state index in [1.807, 2.05) is 30.3 Å². The van der Waals surface area contributed by atoms with E-state index in [1.54, 1.807) is 24.0 Å². The molecule has 0 unspecified atom stereocenters. The van der Waals surface area contributed by atoms with Gasteiger partial charge in [0.05, 0.1) is 6.42 Å². The van der Waals surface area contributed by atoms with Crippen LogP contribution in [0.3, 0.4) is 0 Å². The van der Waals surface area contributed by atoms with Gasteiger partial charge in [-0.3, -0.25) is 19.2 Å². The largest absolute Gasteiger partial charge is 0.325 e. The summed E-state index contributed by atoms with van der Waals surface area (Å²) in [6.45, 7) is 0.285. The molecule has 0 saturated carbocycles. The molecule has 25 heavy (non-hydrogen) atoms. The fourth-order valence-electron chi connectivity index (χ4n) is 2.67. The zero-order chi connectivity index (χ0) is 17.8. The predicted molar refractivity (Wildman–Crippen MR) is 90.6 cm³/mol. The number of amides is 4. The number of nitrogens with zero attached hydrogens (tertiary/aromatic N) is 3. The lowest BCUT2D eigenvalue weighted by Gasteiger charge is -2.12. The lowest BCUT2D eigenvalue weighted by molar-refractivity contribution is -0.129. The van der Waals surface area contributed by atoms with Gasteiger partial charge in [0, 0.05) is 25.9 Å². The molecule has 2 N–H and O–H groups in total. The molecular formula is C17H19N5O3. The Hall–Kier alpha value is -3.16. The van der Waals surface area contributed by atoms with E-state index in [1.165, 1.54) is 0 Å². The van der Waals surface area contributed by atoms with E-state index in [0.717, 1.165) is 10.5 Å². The predicted octanol–water partition coefficient (Wildman–Crippen LogP) is 0.912. The molecule has 130 valence electrons. The van der Waals surface area contributed by atoms with Crippen LogP contribution < -0.4 is 10.6 Å². The average Bonchev–Trinajstić information content (AvgIpc) is 3.10. The first kappa shape index (κ1) is 16.7. The maximum Gasteiger partial charge on any atom is 0.324 e. The third-order valence-electron chi connectivity index (χ3n) is 3.94. The molecule has 1 aromatic carbocycles. The summed E-state index contributed by atoms with van der Waals surface area (Å²) in [7, 11) is 1.74. The minimum absolute atomic E-state index is 0.122. The second kappa shape index (κ2) is 7.16. The van der Waals surface area contributed by atoms with Crippen molar-refractivity contribution >= 4 is 23.7 Å². The standard InChI is InChI=1S/C17H19N5O3/c1-21-9-8-14(20-21)19-15(23)11-13-16(24)22(17(25)18-13)10-7-12-5-3-2-4-6-12/h2-6,8-9,13H,7,10-11H2,1H3,(H,18,25)(H,19,20,23)/t13-/m0/s1. The number of urea groups is 1. The van der Waals surface area contributed by atoms with Crippen molar-refractivity contribution in [3.05, 3.63) is 48.2 Å². The highest BCUT2D eigenvalue weighted by Crippen LogP contribution is 2.12. The Labute approximate surface area is 144 Å². The van der Waals surface area contributed by atoms with E-state index >= 15 is 0 Å². The maximum atomic E-state index is 12.4. The van der Waals surface area contributed by atoms with Gasteiger partial charge in [-0.25, -0.2) is 4.79 Å². The van der Waals surface area contributed by atoms with Crippen LogP contribution in [-0.4, -0.2) is 45.1 Å². The Kier molecular flexibility index (Phi) is 4.78. The van der Waals surface area contributed by atoms with Crippen molar-refractivity contribution < 1.29 is 14.4 Å². The van der Waals surface area contributed by atoms with Crippen LogP contribution >= 0.6 is 0 Å². The number of carbonyl (C=O) groups is 3. The molecule has 1 aromatic heterocycles. The third kappa shape index (κ3) is 4.03. The van der Waals surface area contributed by atoms with Crippen LogP contribution in [0.4, 0.5) is 10.6 Å². The number of benzene rings is 1. The molecule has 8 nitrogen and oxygen atoms in total. The second-order valence-electron chi connectivity index (χ2n) is 5.85. The average molecular weight is 341 g/mol. The molecule has 2 aromatic rings. The first-order valence-corrected chi connectivity index (χ1v) is 7.98. The van der Waals surface area contributed by atoms with E-state index in [-0.39, 0.29) is 24.8 Å². The van der Waals surface area contributed by atoms with Crippen LogP contribution in [0.5, 0.6) is 0 Å². The molecule has 0 bridgehead atoms. The van der Waals surface area contributed by atoms with Crippen LogP contribution in [0.25, 0.3) is 0 Å². The summed E-state index contributed by atoms with van der Waals surface area (Å²) in [6, 6.07) is 9.96. The summed E-state index contributed by atoms with van der Waals surface area (Å²) < 4.78 is 1.56. The number of rotatable bonds is 6. The number of hydrogen-bond acceptors (Lipinski definition) is 4. The zero-order valence-electron chi connectivity index (χ0n) is 13.8. The van der Waals surface area contributed by atoms with Gasteiger partial charge in [0.1, 0.15) is 6.04 Å². The number of aryl methyl sites for hydroxylation is 1. The highest BCUT2D eigenvalue weighted by molar-refractivity contribution is 6.06. The van der Waals surface area contributed by atoms with Gasteiger partial charge in [-0.15, -0.1) is 0 Å². The van der Waals surface area contributed by atoms with Gasteiger partial charge in [-0.2, -0.15) is 5.10 Å². The summed E-state index contributed by atoms with van der Waals surface area (Å²) in [6.07, 6.45) is 2.15. The van der Waals surface area contributed by atoms with Crippen LogP contribution in [-0.2, 0) is 23.1 Å². The molecule has 1 fully saturated rings. The van der Waals surface area contributed by atoms with Crippen molar-refractivity contribution in [1.29, 1.82) is 0 Å². The van der Waals surface area contributed by atoms with Gasteiger partial charge in [0.2, 0.25) is 5.91 Å². The monoisotopic (exact) mass is 341 g/mol. The van der Waals surface area contributed by atoms with Crippen molar-refractivity contribution in [2.45, 2.75) is 18.9 Å².